The fraction of sp³-hybridized carbons (Fsp3) is 0.120. The number of ketones is 1. The van der Waals surface area contributed by atoms with Crippen LogP contribution >= 0.6 is 0 Å². The van der Waals surface area contributed by atoms with Crippen molar-refractivity contribution in [3.8, 4) is 28.7 Å². The zero-order valence-electron chi connectivity index (χ0n) is 18.1. The number of oxazole rings is 1. The predicted molar refractivity (Wildman–Crippen MR) is 123 cm³/mol. The summed E-state index contributed by atoms with van der Waals surface area (Å²) in [4.78, 5) is 21.2. The predicted octanol–water partition coefficient (Wildman–Crippen LogP) is 4.31. The number of hydrogen-bond donors (Lipinski definition) is 1. The van der Waals surface area contributed by atoms with Crippen molar-refractivity contribution in [1.82, 2.24) is 30.6 Å². The van der Waals surface area contributed by atoms with Gasteiger partial charge in [-0.05, 0) is 52.2 Å². The molecule has 5 aromatic rings. The molecule has 0 unspecified atom stereocenters. The Morgan fingerprint density at radius 1 is 0.912 bits per heavy atom. The second kappa shape index (κ2) is 9.86. The minimum Gasteiger partial charge on any atom is -0.489 e. The molecule has 3 aromatic heterocycles. The van der Waals surface area contributed by atoms with E-state index in [2.05, 4.69) is 30.6 Å². The summed E-state index contributed by atoms with van der Waals surface area (Å²) < 4.78 is 11.4. The molecule has 0 radical (unpaired) electrons. The maximum atomic E-state index is 12.6. The minimum atomic E-state index is -0.168. The molecule has 0 atom stereocenters. The van der Waals surface area contributed by atoms with E-state index in [9.17, 15) is 4.79 Å². The summed E-state index contributed by atoms with van der Waals surface area (Å²) in [5.74, 6) is 1.57. The monoisotopic (exact) mass is 452 g/mol. The molecule has 0 fully saturated rings. The van der Waals surface area contributed by atoms with Crippen molar-refractivity contribution < 1.29 is 13.9 Å². The second-order valence-electron chi connectivity index (χ2n) is 7.53. The first-order valence-corrected chi connectivity index (χ1v) is 10.7. The van der Waals surface area contributed by atoms with Crippen molar-refractivity contribution in [2.75, 3.05) is 0 Å². The van der Waals surface area contributed by atoms with E-state index in [4.69, 9.17) is 9.15 Å². The van der Waals surface area contributed by atoms with Crippen LogP contribution in [0.2, 0.25) is 0 Å². The number of nitrogens with zero attached hydrogens (tertiary/aromatic N) is 5. The van der Waals surface area contributed by atoms with Gasteiger partial charge in [0.1, 0.15) is 23.7 Å². The highest BCUT2D eigenvalue weighted by Gasteiger charge is 2.16. The van der Waals surface area contributed by atoms with Crippen molar-refractivity contribution in [1.29, 1.82) is 0 Å². The SMILES string of the molecule is O=C(CCc1ccc(COc2ccccc2)cc1)c1ncc(-c2cccc(-c3nnn[nH]3)n2)o1. The van der Waals surface area contributed by atoms with Gasteiger partial charge in [-0.2, -0.15) is 0 Å². The normalized spacial score (nSPS) is 10.8. The molecule has 0 amide bonds. The topological polar surface area (TPSA) is 120 Å². The summed E-state index contributed by atoms with van der Waals surface area (Å²) in [6.45, 7) is 0.491. The molecule has 9 nitrogen and oxygen atoms in total. The number of pyridine rings is 1. The highest BCUT2D eigenvalue weighted by atomic mass is 16.5. The van der Waals surface area contributed by atoms with Crippen LogP contribution in [0.5, 0.6) is 5.75 Å². The Bertz CT molecular complexity index is 1370. The molecule has 34 heavy (non-hydrogen) atoms. The maximum Gasteiger partial charge on any atom is 0.263 e. The van der Waals surface area contributed by atoms with E-state index >= 15 is 0 Å². The standard InChI is InChI=1S/C25H20N6O3/c32-22(14-13-17-9-11-18(12-10-17)16-33-19-5-2-1-3-6-19)25-26-15-23(34-25)20-7-4-8-21(27-20)24-28-30-31-29-24/h1-12,15H,13-14,16H2,(H,28,29,30,31). The van der Waals surface area contributed by atoms with E-state index in [1.54, 1.807) is 18.2 Å². The highest BCUT2D eigenvalue weighted by molar-refractivity contribution is 5.92. The molecular weight excluding hydrogens is 432 g/mol. The first-order chi connectivity index (χ1) is 16.7. The third kappa shape index (κ3) is 5.04. The van der Waals surface area contributed by atoms with Gasteiger partial charge >= 0.3 is 0 Å². The van der Waals surface area contributed by atoms with E-state index < -0.39 is 0 Å². The number of rotatable bonds is 9. The van der Waals surface area contributed by atoms with Crippen molar-refractivity contribution in [2.45, 2.75) is 19.4 Å². The Morgan fingerprint density at radius 3 is 2.50 bits per heavy atom. The van der Waals surface area contributed by atoms with Crippen LogP contribution in [0.3, 0.4) is 0 Å². The maximum absolute atomic E-state index is 12.6. The molecule has 0 aliphatic heterocycles. The van der Waals surface area contributed by atoms with E-state index in [1.165, 1.54) is 6.20 Å². The molecule has 0 saturated carbocycles. The number of Topliss-reactive ketones (excluding diaryl/α,β-unsaturated/α-hetero) is 1. The second-order valence-corrected chi connectivity index (χ2v) is 7.53. The molecule has 1 N–H and O–H groups in total. The molecule has 2 aromatic carbocycles. The third-order valence-corrected chi connectivity index (χ3v) is 5.15. The number of carbonyl (C=O) groups is 1. The van der Waals surface area contributed by atoms with Gasteiger partial charge in [0.2, 0.25) is 5.78 Å². The van der Waals surface area contributed by atoms with Crippen molar-refractivity contribution >= 4 is 5.78 Å². The van der Waals surface area contributed by atoms with E-state index in [1.807, 2.05) is 54.6 Å². The molecule has 0 aliphatic rings. The summed E-state index contributed by atoms with van der Waals surface area (Å²) in [6, 6.07) is 23.1. The van der Waals surface area contributed by atoms with Gasteiger partial charge in [-0.1, -0.05) is 48.5 Å². The molecule has 168 valence electrons. The van der Waals surface area contributed by atoms with Crippen molar-refractivity contribution in [3.05, 3.63) is 96.0 Å². The van der Waals surface area contributed by atoms with Crippen LogP contribution < -0.4 is 4.74 Å². The number of H-pyrrole nitrogens is 1. The summed E-state index contributed by atoms with van der Waals surface area (Å²) in [5, 5.41) is 13.6. The average molecular weight is 452 g/mol. The van der Waals surface area contributed by atoms with Gasteiger partial charge < -0.3 is 9.15 Å². The van der Waals surface area contributed by atoms with E-state index in [0.29, 0.717) is 36.0 Å². The lowest BCUT2D eigenvalue weighted by molar-refractivity contribution is 0.0950. The number of tetrazole rings is 1. The van der Waals surface area contributed by atoms with E-state index in [0.717, 1.165) is 16.9 Å². The van der Waals surface area contributed by atoms with Gasteiger partial charge in [0.05, 0.1) is 6.20 Å². The molecule has 9 heteroatoms. The van der Waals surface area contributed by atoms with Gasteiger partial charge in [-0.15, -0.1) is 5.10 Å². The first-order valence-electron chi connectivity index (χ1n) is 10.7. The molecule has 0 saturated heterocycles. The number of para-hydroxylation sites is 1. The summed E-state index contributed by atoms with van der Waals surface area (Å²) in [7, 11) is 0. The highest BCUT2D eigenvalue weighted by Crippen LogP contribution is 2.22. The van der Waals surface area contributed by atoms with Gasteiger partial charge in [0.15, 0.2) is 11.6 Å². The van der Waals surface area contributed by atoms with Gasteiger partial charge in [0, 0.05) is 6.42 Å². The van der Waals surface area contributed by atoms with Crippen LogP contribution in [0.25, 0.3) is 23.0 Å². The molecule has 0 bridgehead atoms. The van der Waals surface area contributed by atoms with E-state index in [-0.39, 0.29) is 18.1 Å². The fourth-order valence-corrected chi connectivity index (χ4v) is 3.34. The summed E-state index contributed by atoms with van der Waals surface area (Å²) >= 11 is 0. The largest absolute Gasteiger partial charge is 0.489 e. The quantitative estimate of drug-likeness (QED) is 0.329. The van der Waals surface area contributed by atoms with Crippen LogP contribution in [0.4, 0.5) is 0 Å². The number of aromatic nitrogens is 6. The Kier molecular flexibility index (Phi) is 6.15. The average Bonchev–Trinajstić information content (AvgIpc) is 3.61. The number of aromatic amines is 1. The van der Waals surface area contributed by atoms with Gasteiger partial charge in [-0.25, -0.2) is 15.1 Å². The number of hydrogen-bond acceptors (Lipinski definition) is 8. The van der Waals surface area contributed by atoms with Crippen LogP contribution in [-0.2, 0) is 13.0 Å². The first kappa shape index (κ1) is 21.2. The smallest absolute Gasteiger partial charge is 0.263 e. The Labute approximate surface area is 194 Å². The van der Waals surface area contributed by atoms with Crippen LogP contribution in [0.15, 0.2) is 83.4 Å². The summed E-state index contributed by atoms with van der Waals surface area (Å²) in [5.41, 5.74) is 3.21. The number of ether oxygens (including phenoxy) is 1. The Balaban J connectivity index is 1.17. The lowest BCUT2D eigenvalue weighted by Gasteiger charge is -2.07. The number of carbonyl (C=O) groups excluding carboxylic acids is 1. The molecular formula is C25H20N6O3. The fourth-order valence-electron chi connectivity index (χ4n) is 3.34. The van der Waals surface area contributed by atoms with Crippen LogP contribution in [-0.4, -0.2) is 36.4 Å². The minimum absolute atomic E-state index is 0.0661. The molecule has 0 spiro atoms. The molecule has 3 heterocycles. The van der Waals surface area contributed by atoms with Crippen LogP contribution in [0, 0.1) is 0 Å². The summed E-state index contributed by atoms with van der Waals surface area (Å²) in [6.07, 6.45) is 2.37. The molecule has 0 aliphatic carbocycles. The zero-order chi connectivity index (χ0) is 23.2. The Hall–Kier alpha value is -4.66. The molecule has 5 rings (SSSR count). The van der Waals surface area contributed by atoms with Crippen molar-refractivity contribution in [3.63, 3.8) is 0 Å². The Morgan fingerprint density at radius 2 is 1.71 bits per heavy atom. The third-order valence-electron chi connectivity index (χ3n) is 5.15. The lowest BCUT2D eigenvalue weighted by atomic mass is 10.1. The number of nitrogens with one attached hydrogen (secondary N) is 1. The van der Waals surface area contributed by atoms with Crippen molar-refractivity contribution in [2.24, 2.45) is 0 Å². The zero-order valence-corrected chi connectivity index (χ0v) is 18.1. The van der Waals surface area contributed by atoms with Gasteiger partial charge in [0.25, 0.3) is 5.89 Å². The lowest BCUT2D eigenvalue weighted by Crippen LogP contribution is -2.02. The number of benzene rings is 2. The van der Waals surface area contributed by atoms with Gasteiger partial charge in [-0.3, -0.25) is 4.79 Å². The van der Waals surface area contributed by atoms with Crippen LogP contribution in [0.1, 0.15) is 28.2 Å². The number of aryl methyl sites for hydroxylation is 1.